The van der Waals surface area contributed by atoms with E-state index >= 15 is 0 Å². The summed E-state index contributed by atoms with van der Waals surface area (Å²) < 4.78 is 0. The van der Waals surface area contributed by atoms with Crippen LogP contribution in [0.1, 0.15) is 38.2 Å². The number of hydrogen-bond donors (Lipinski definition) is 1. The number of carbonyl (C=O) groups excluding carboxylic acids is 1. The summed E-state index contributed by atoms with van der Waals surface area (Å²) in [6, 6.07) is 10.2. The summed E-state index contributed by atoms with van der Waals surface area (Å²) in [4.78, 5) is 16.9. The van der Waals surface area contributed by atoms with Gasteiger partial charge >= 0.3 is 6.03 Å². The predicted molar refractivity (Wildman–Crippen MR) is 97.8 cm³/mol. The number of likely N-dealkylation sites (tertiary alicyclic amines) is 2. The summed E-state index contributed by atoms with van der Waals surface area (Å²) in [7, 11) is 0. The Bertz CT molecular complexity index is 511. The molecule has 1 aromatic rings. The smallest absolute Gasteiger partial charge is 0.317 e. The van der Waals surface area contributed by atoms with Crippen molar-refractivity contribution in [2.75, 3.05) is 32.7 Å². The molecule has 2 heterocycles. The van der Waals surface area contributed by atoms with E-state index in [0.29, 0.717) is 6.54 Å². The summed E-state index contributed by atoms with van der Waals surface area (Å²) in [5.41, 5.74) is 1.15. The Morgan fingerprint density at radius 3 is 2.58 bits per heavy atom. The molecule has 0 aromatic heterocycles. The Labute approximate surface area is 146 Å². The maximum atomic E-state index is 12.3. The Kier molecular flexibility index (Phi) is 6.13. The normalized spacial score (nSPS) is 23.2. The third-order valence-corrected chi connectivity index (χ3v) is 5.45. The average Bonchev–Trinajstić information content (AvgIpc) is 2.61. The molecule has 1 unspecified atom stereocenters. The molecular weight excluding hydrogens is 298 g/mol. The number of nitrogens with one attached hydrogen (secondary N) is 1. The molecule has 0 aliphatic carbocycles. The van der Waals surface area contributed by atoms with Crippen molar-refractivity contribution in [3.05, 3.63) is 35.9 Å². The molecule has 0 spiro atoms. The zero-order chi connectivity index (χ0) is 16.8. The molecule has 0 bridgehead atoms. The largest absolute Gasteiger partial charge is 0.334 e. The Hall–Kier alpha value is -1.55. The van der Waals surface area contributed by atoms with Crippen LogP contribution in [0, 0.1) is 11.8 Å². The predicted octanol–water partition coefficient (Wildman–Crippen LogP) is 3.34. The van der Waals surface area contributed by atoms with E-state index in [1.807, 2.05) is 35.2 Å². The van der Waals surface area contributed by atoms with Crippen molar-refractivity contribution in [2.24, 2.45) is 11.8 Å². The zero-order valence-corrected chi connectivity index (χ0v) is 14.9. The fourth-order valence-electron chi connectivity index (χ4n) is 4.02. The van der Waals surface area contributed by atoms with Gasteiger partial charge in [-0.1, -0.05) is 37.3 Å². The first-order chi connectivity index (χ1) is 11.7. The summed E-state index contributed by atoms with van der Waals surface area (Å²) in [6.45, 7) is 8.53. The van der Waals surface area contributed by atoms with Gasteiger partial charge in [0.2, 0.25) is 0 Å². The van der Waals surface area contributed by atoms with Crippen molar-refractivity contribution >= 4 is 6.03 Å². The number of hydrogen-bond acceptors (Lipinski definition) is 2. The maximum absolute atomic E-state index is 12.3. The number of benzene rings is 1. The summed E-state index contributed by atoms with van der Waals surface area (Å²) in [5, 5.41) is 3.05. The number of urea groups is 1. The fourth-order valence-corrected chi connectivity index (χ4v) is 4.02. The first kappa shape index (κ1) is 17.3. The highest BCUT2D eigenvalue weighted by atomic mass is 16.2. The van der Waals surface area contributed by atoms with Gasteiger partial charge in [-0.3, -0.25) is 0 Å². The topological polar surface area (TPSA) is 35.6 Å². The Morgan fingerprint density at radius 1 is 1.12 bits per heavy atom. The van der Waals surface area contributed by atoms with Crippen LogP contribution in [0.3, 0.4) is 0 Å². The number of rotatable bonds is 4. The lowest BCUT2D eigenvalue weighted by Crippen LogP contribution is -2.46. The molecule has 2 aliphatic heterocycles. The van der Waals surface area contributed by atoms with E-state index in [9.17, 15) is 4.79 Å². The first-order valence-electron chi connectivity index (χ1n) is 9.50. The average molecular weight is 329 g/mol. The molecule has 1 N–H and O–H groups in total. The minimum atomic E-state index is 0.0869. The van der Waals surface area contributed by atoms with Gasteiger partial charge in [0.15, 0.2) is 0 Å². The van der Waals surface area contributed by atoms with E-state index in [1.54, 1.807) is 0 Å². The third kappa shape index (κ3) is 4.97. The van der Waals surface area contributed by atoms with Crippen LogP contribution in [-0.4, -0.2) is 48.6 Å². The van der Waals surface area contributed by atoms with Gasteiger partial charge < -0.3 is 15.1 Å². The molecule has 2 fully saturated rings. The van der Waals surface area contributed by atoms with Crippen molar-refractivity contribution in [1.29, 1.82) is 0 Å². The standard InChI is InChI=1S/C20H31N3O/c1-17-6-5-11-22(15-17)16-19-9-12-23(13-10-19)20(24)21-14-18-7-3-2-4-8-18/h2-4,7-8,17,19H,5-6,9-16H2,1H3,(H,21,24). The highest BCUT2D eigenvalue weighted by molar-refractivity contribution is 5.74. The second-order valence-corrected chi connectivity index (χ2v) is 7.58. The Balaban J connectivity index is 1.37. The van der Waals surface area contributed by atoms with E-state index in [4.69, 9.17) is 0 Å². The molecule has 1 atom stereocenters. The van der Waals surface area contributed by atoms with Gasteiger partial charge in [-0.2, -0.15) is 0 Å². The van der Waals surface area contributed by atoms with Crippen LogP contribution in [0.2, 0.25) is 0 Å². The summed E-state index contributed by atoms with van der Waals surface area (Å²) in [5.74, 6) is 1.61. The van der Waals surface area contributed by atoms with E-state index in [1.165, 1.54) is 32.5 Å². The van der Waals surface area contributed by atoms with Gasteiger partial charge in [-0.25, -0.2) is 4.79 Å². The van der Waals surface area contributed by atoms with Crippen LogP contribution < -0.4 is 5.32 Å². The lowest BCUT2D eigenvalue weighted by Gasteiger charge is -2.37. The monoisotopic (exact) mass is 329 g/mol. The quantitative estimate of drug-likeness (QED) is 0.919. The molecule has 1 aromatic carbocycles. The van der Waals surface area contributed by atoms with Crippen LogP contribution in [0.5, 0.6) is 0 Å². The highest BCUT2D eigenvalue weighted by Crippen LogP contribution is 2.22. The number of piperidine rings is 2. The maximum Gasteiger partial charge on any atom is 0.317 e. The Morgan fingerprint density at radius 2 is 1.88 bits per heavy atom. The van der Waals surface area contributed by atoms with Crippen LogP contribution in [0.4, 0.5) is 4.79 Å². The third-order valence-electron chi connectivity index (χ3n) is 5.45. The van der Waals surface area contributed by atoms with E-state index < -0.39 is 0 Å². The first-order valence-corrected chi connectivity index (χ1v) is 9.50. The fraction of sp³-hybridized carbons (Fsp3) is 0.650. The molecule has 2 saturated heterocycles. The SMILES string of the molecule is CC1CCCN(CC2CCN(C(=O)NCc3ccccc3)CC2)C1. The molecule has 2 aliphatic rings. The second-order valence-electron chi connectivity index (χ2n) is 7.58. The minimum absolute atomic E-state index is 0.0869. The van der Waals surface area contributed by atoms with Crippen LogP contribution in [0.25, 0.3) is 0 Å². The summed E-state index contributed by atoms with van der Waals surface area (Å²) in [6.07, 6.45) is 5.02. The van der Waals surface area contributed by atoms with E-state index in [-0.39, 0.29) is 6.03 Å². The van der Waals surface area contributed by atoms with Crippen molar-refractivity contribution in [1.82, 2.24) is 15.1 Å². The minimum Gasteiger partial charge on any atom is -0.334 e. The van der Waals surface area contributed by atoms with Crippen molar-refractivity contribution in [3.8, 4) is 0 Å². The summed E-state index contributed by atoms with van der Waals surface area (Å²) >= 11 is 0. The molecule has 0 saturated carbocycles. The zero-order valence-electron chi connectivity index (χ0n) is 14.9. The van der Waals surface area contributed by atoms with Crippen LogP contribution in [-0.2, 0) is 6.54 Å². The molecule has 0 radical (unpaired) electrons. The lowest BCUT2D eigenvalue weighted by molar-refractivity contribution is 0.122. The molecule has 24 heavy (non-hydrogen) atoms. The lowest BCUT2D eigenvalue weighted by atomic mass is 9.94. The van der Waals surface area contributed by atoms with Gasteiger partial charge in [-0.15, -0.1) is 0 Å². The van der Waals surface area contributed by atoms with E-state index in [0.717, 1.165) is 43.3 Å². The van der Waals surface area contributed by atoms with E-state index in [2.05, 4.69) is 17.1 Å². The van der Waals surface area contributed by atoms with Crippen molar-refractivity contribution in [2.45, 2.75) is 39.2 Å². The highest BCUT2D eigenvalue weighted by Gasteiger charge is 2.25. The number of nitrogens with zero attached hydrogens (tertiary/aromatic N) is 2. The van der Waals surface area contributed by atoms with Crippen LogP contribution >= 0.6 is 0 Å². The van der Waals surface area contributed by atoms with Crippen molar-refractivity contribution < 1.29 is 4.79 Å². The van der Waals surface area contributed by atoms with Gasteiger partial charge in [0.1, 0.15) is 0 Å². The molecular formula is C20H31N3O. The van der Waals surface area contributed by atoms with Gasteiger partial charge in [-0.05, 0) is 49.6 Å². The number of amides is 2. The molecule has 2 amide bonds. The molecule has 4 nitrogen and oxygen atoms in total. The van der Waals surface area contributed by atoms with Crippen molar-refractivity contribution in [3.63, 3.8) is 0 Å². The molecule has 4 heteroatoms. The van der Waals surface area contributed by atoms with Gasteiger partial charge in [0.25, 0.3) is 0 Å². The molecule has 3 rings (SSSR count). The number of carbonyl (C=O) groups is 1. The second kappa shape index (κ2) is 8.52. The van der Waals surface area contributed by atoms with Crippen LogP contribution in [0.15, 0.2) is 30.3 Å². The van der Waals surface area contributed by atoms with Gasteiger partial charge in [0.05, 0.1) is 0 Å². The van der Waals surface area contributed by atoms with Gasteiger partial charge in [0, 0.05) is 32.7 Å². The molecule has 132 valence electrons.